The second-order valence-electron chi connectivity index (χ2n) is 6.99. The average Bonchev–Trinajstić information content (AvgIpc) is 3.36. The van der Waals surface area contributed by atoms with Gasteiger partial charge >= 0.3 is 0 Å². The Balaban J connectivity index is 1.43. The lowest BCUT2D eigenvalue weighted by Crippen LogP contribution is -2.38. The number of ether oxygens (including phenoxy) is 1. The molecule has 0 saturated carbocycles. The maximum absolute atomic E-state index is 12.7. The number of carbonyl (C=O) groups is 1. The molecule has 1 spiro atoms. The van der Waals surface area contributed by atoms with E-state index in [0.29, 0.717) is 19.1 Å². The highest BCUT2D eigenvalue weighted by molar-refractivity contribution is 5.93. The Kier molecular flexibility index (Phi) is 3.95. The van der Waals surface area contributed by atoms with Crippen molar-refractivity contribution in [3.63, 3.8) is 0 Å². The van der Waals surface area contributed by atoms with Crippen molar-refractivity contribution in [2.24, 2.45) is 7.05 Å². The van der Waals surface area contributed by atoms with Crippen molar-refractivity contribution in [2.45, 2.75) is 24.5 Å². The lowest BCUT2D eigenvalue weighted by Gasteiger charge is -2.26. The van der Waals surface area contributed by atoms with Crippen LogP contribution in [0, 0.1) is 0 Å². The molecule has 2 aromatic rings. The van der Waals surface area contributed by atoms with E-state index >= 15 is 0 Å². The van der Waals surface area contributed by atoms with Crippen LogP contribution in [0.5, 0.6) is 0 Å². The summed E-state index contributed by atoms with van der Waals surface area (Å²) in [4.78, 5) is 25.4. The molecule has 25 heavy (non-hydrogen) atoms. The third-order valence-corrected chi connectivity index (χ3v) is 5.37. The van der Waals surface area contributed by atoms with Crippen molar-refractivity contribution in [3.8, 4) is 0 Å². The number of likely N-dealkylation sites (tertiary alicyclic amines) is 1. The summed E-state index contributed by atoms with van der Waals surface area (Å²) in [6, 6.07) is 5.81. The molecular formula is C18H23N5O2. The van der Waals surface area contributed by atoms with Gasteiger partial charge in [0.2, 0.25) is 5.95 Å². The summed E-state index contributed by atoms with van der Waals surface area (Å²) in [5.74, 6) is 0.791. The molecule has 7 nitrogen and oxygen atoms in total. The molecule has 2 aliphatic heterocycles. The fraction of sp³-hybridized carbons (Fsp3) is 0.500. The number of anilines is 1. The number of aryl methyl sites for hydroxylation is 1. The standard InChI is InChI=1S/C18H23N5O2/c1-21-9-3-5-15(21)16(24)23-10-6-18(13-23)11-14(12-25-18)22(2)17-19-7-4-8-20-17/h3-5,7-9,14H,6,10-13H2,1-2H3. The van der Waals surface area contributed by atoms with Crippen molar-refractivity contribution in [1.29, 1.82) is 0 Å². The number of likely N-dealkylation sites (N-methyl/N-ethyl adjacent to an activating group) is 1. The molecular weight excluding hydrogens is 318 g/mol. The van der Waals surface area contributed by atoms with Gasteiger partial charge in [0.05, 0.1) is 24.8 Å². The zero-order valence-corrected chi connectivity index (χ0v) is 14.6. The number of rotatable bonds is 3. The Labute approximate surface area is 147 Å². The number of amides is 1. The summed E-state index contributed by atoms with van der Waals surface area (Å²) in [6.07, 6.45) is 7.16. The van der Waals surface area contributed by atoms with E-state index in [1.165, 1.54) is 0 Å². The molecule has 2 fully saturated rings. The fourth-order valence-electron chi connectivity index (χ4n) is 3.85. The predicted molar refractivity (Wildman–Crippen MR) is 93.5 cm³/mol. The maximum Gasteiger partial charge on any atom is 0.270 e. The molecule has 132 valence electrons. The number of nitrogens with zero attached hydrogens (tertiary/aromatic N) is 5. The smallest absolute Gasteiger partial charge is 0.270 e. The molecule has 0 aliphatic carbocycles. The average molecular weight is 341 g/mol. The van der Waals surface area contributed by atoms with E-state index in [2.05, 4.69) is 14.9 Å². The van der Waals surface area contributed by atoms with Crippen molar-refractivity contribution in [3.05, 3.63) is 42.5 Å². The van der Waals surface area contributed by atoms with Crippen LogP contribution in [-0.4, -0.2) is 63.7 Å². The van der Waals surface area contributed by atoms with Crippen LogP contribution < -0.4 is 4.90 Å². The van der Waals surface area contributed by atoms with Crippen molar-refractivity contribution < 1.29 is 9.53 Å². The van der Waals surface area contributed by atoms with E-state index < -0.39 is 0 Å². The molecule has 0 bridgehead atoms. The molecule has 2 saturated heterocycles. The van der Waals surface area contributed by atoms with E-state index in [-0.39, 0.29) is 17.6 Å². The summed E-state index contributed by atoms with van der Waals surface area (Å²) in [7, 11) is 3.90. The van der Waals surface area contributed by atoms with Crippen LogP contribution in [0.2, 0.25) is 0 Å². The minimum Gasteiger partial charge on any atom is -0.371 e. The Hall–Kier alpha value is -2.41. The van der Waals surface area contributed by atoms with E-state index in [4.69, 9.17) is 4.74 Å². The highest BCUT2D eigenvalue weighted by Crippen LogP contribution is 2.37. The normalized spacial score (nSPS) is 25.7. The molecule has 2 unspecified atom stereocenters. The SMILES string of the molecule is CN(c1ncccn1)C1COC2(CCN(C(=O)c3cccn3C)C2)C1. The zero-order valence-electron chi connectivity index (χ0n) is 14.6. The van der Waals surface area contributed by atoms with Gasteiger partial charge in [0, 0.05) is 45.7 Å². The minimum absolute atomic E-state index is 0.0798. The molecule has 0 radical (unpaired) electrons. The summed E-state index contributed by atoms with van der Waals surface area (Å²) >= 11 is 0. The summed E-state index contributed by atoms with van der Waals surface area (Å²) < 4.78 is 8.05. The zero-order chi connectivity index (χ0) is 17.4. The Morgan fingerprint density at radius 3 is 2.88 bits per heavy atom. The Morgan fingerprint density at radius 2 is 2.16 bits per heavy atom. The highest BCUT2D eigenvalue weighted by atomic mass is 16.5. The molecule has 2 aromatic heterocycles. The third-order valence-electron chi connectivity index (χ3n) is 5.37. The first-order valence-corrected chi connectivity index (χ1v) is 8.62. The summed E-state index contributed by atoms with van der Waals surface area (Å²) in [5.41, 5.74) is 0.482. The molecule has 2 aliphatic rings. The second kappa shape index (κ2) is 6.15. The van der Waals surface area contributed by atoms with Crippen molar-refractivity contribution in [2.75, 3.05) is 31.6 Å². The lowest BCUT2D eigenvalue weighted by atomic mass is 9.97. The largest absolute Gasteiger partial charge is 0.371 e. The van der Waals surface area contributed by atoms with Gasteiger partial charge in [0.25, 0.3) is 5.91 Å². The van der Waals surface area contributed by atoms with E-state index in [1.54, 1.807) is 12.4 Å². The monoisotopic (exact) mass is 341 g/mol. The summed E-state index contributed by atoms with van der Waals surface area (Å²) in [5, 5.41) is 0. The fourth-order valence-corrected chi connectivity index (χ4v) is 3.85. The van der Waals surface area contributed by atoms with Gasteiger partial charge in [0.15, 0.2) is 0 Å². The van der Waals surface area contributed by atoms with Crippen LogP contribution in [-0.2, 0) is 11.8 Å². The number of aromatic nitrogens is 3. The highest BCUT2D eigenvalue weighted by Gasteiger charge is 2.48. The van der Waals surface area contributed by atoms with Gasteiger partial charge in [0.1, 0.15) is 5.69 Å². The number of hydrogen-bond acceptors (Lipinski definition) is 5. The molecule has 0 aromatic carbocycles. The van der Waals surface area contributed by atoms with Crippen LogP contribution in [0.1, 0.15) is 23.3 Å². The van der Waals surface area contributed by atoms with Crippen LogP contribution in [0.3, 0.4) is 0 Å². The van der Waals surface area contributed by atoms with Gasteiger partial charge in [-0.2, -0.15) is 0 Å². The first-order valence-electron chi connectivity index (χ1n) is 8.62. The number of hydrogen-bond donors (Lipinski definition) is 0. The molecule has 4 heterocycles. The first-order chi connectivity index (χ1) is 12.1. The van der Waals surface area contributed by atoms with Crippen LogP contribution in [0.15, 0.2) is 36.8 Å². The van der Waals surface area contributed by atoms with Crippen LogP contribution in [0.4, 0.5) is 5.95 Å². The molecule has 4 rings (SSSR count). The second-order valence-corrected chi connectivity index (χ2v) is 6.99. The van der Waals surface area contributed by atoms with Gasteiger partial charge in [-0.05, 0) is 24.6 Å². The van der Waals surface area contributed by atoms with Gasteiger partial charge in [-0.15, -0.1) is 0 Å². The molecule has 1 amide bonds. The van der Waals surface area contributed by atoms with E-state index in [0.717, 1.165) is 25.1 Å². The summed E-state index contributed by atoms with van der Waals surface area (Å²) in [6.45, 7) is 2.03. The predicted octanol–water partition coefficient (Wildman–Crippen LogP) is 1.33. The van der Waals surface area contributed by atoms with Gasteiger partial charge in [-0.3, -0.25) is 4.79 Å². The molecule has 7 heteroatoms. The third kappa shape index (κ3) is 2.89. The van der Waals surface area contributed by atoms with Crippen molar-refractivity contribution in [1.82, 2.24) is 19.4 Å². The van der Waals surface area contributed by atoms with E-state index in [1.807, 2.05) is 48.0 Å². The first kappa shape index (κ1) is 16.1. The number of carbonyl (C=O) groups excluding carboxylic acids is 1. The quantitative estimate of drug-likeness (QED) is 0.843. The Bertz CT molecular complexity index is 762. The maximum atomic E-state index is 12.7. The Morgan fingerprint density at radius 1 is 1.36 bits per heavy atom. The van der Waals surface area contributed by atoms with Crippen LogP contribution in [0.25, 0.3) is 0 Å². The molecule has 0 N–H and O–H groups in total. The minimum atomic E-state index is -0.242. The lowest BCUT2D eigenvalue weighted by molar-refractivity contribution is 0.0122. The van der Waals surface area contributed by atoms with Gasteiger partial charge in [-0.25, -0.2) is 9.97 Å². The van der Waals surface area contributed by atoms with Crippen molar-refractivity contribution >= 4 is 11.9 Å². The topological polar surface area (TPSA) is 63.5 Å². The van der Waals surface area contributed by atoms with E-state index in [9.17, 15) is 4.79 Å². The molecule has 2 atom stereocenters. The van der Waals surface area contributed by atoms with Gasteiger partial charge in [-0.1, -0.05) is 0 Å². The van der Waals surface area contributed by atoms with Crippen LogP contribution >= 0.6 is 0 Å². The van der Waals surface area contributed by atoms with Gasteiger partial charge < -0.3 is 19.1 Å².